The van der Waals surface area contributed by atoms with Gasteiger partial charge in [-0.25, -0.2) is 0 Å². The van der Waals surface area contributed by atoms with Crippen molar-refractivity contribution < 1.29 is 22.4 Å². The van der Waals surface area contributed by atoms with Gasteiger partial charge in [0.2, 0.25) is 0 Å². The van der Waals surface area contributed by atoms with Crippen molar-refractivity contribution in [2.45, 2.75) is 36.2 Å². The highest BCUT2D eigenvalue weighted by Crippen LogP contribution is 2.27. The smallest absolute Gasteiger partial charge is 0.297 e. The average molecular weight is 336 g/mol. The van der Waals surface area contributed by atoms with Gasteiger partial charge in [0.15, 0.2) is 0 Å². The topological polar surface area (TPSA) is 84.9 Å². The minimum atomic E-state index is -3.83. The summed E-state index contributed by atoms with van der Waals surface area (Å²) >= 11 is 0. The highest BCUT2D eigenvalue weighted by atomic mass is 35.5. The van der Waals surface area contributed by atoms with Gasteiger partial charge in [-0.2, -0.15) is 8.42 Å². The lowest BCUT2D eigenvalue weighted by Crippen LogP contribution is -2.37. The summed E-state index contributed by atoms with van der Waals surface area (Å²) in [4.78, 5) is 0.169. The molecule has 2 fully saturated rings. The molecule has 0 radical (unpaired) electrons. The second-order valence-electron chi connectivity index (χ2n) is 5.15. The molecule has 2 N–H and O–H groups in total. The summed E-state index contributed by atoms with van der Waals surface area (Å²) in [6, 6.07) is 6.43. The van der Waals surface area contributed by atoms with Crippen LogP contribution in [0.5, 0.6) is 0 Å². The fraction of sp³-hybridized carbons (Fsp3) is 0.538. The number of benzene rings is 1. The molecular weight excluding hydrogens is 318 g/mol. The standard InChI is InChI=1S/C13H17NO5S.ClH/c1-8-4-2-3-5-11(8)20(16,17)19-10-6-14-12-9(15)7-18-13(10)12;/h2-5,9-10,12-15H,6-7H2,1H3;1H/t9-,10+,12+,13+;/m0./s1. The molecule has 0 spiro atoms. The average Bonchev–Trinajstić information content (AvgIpc) is 2.94. The summed E-state index contributed by atoms with van der Waals surface area (Å²) in [6.45, 7) is 2.27. The number of nitrogens with one attached hydrogen (secondary N) is 1. The Hall–Kier alpha value is -0.700. The molecular formula is C13H18ClNO5S. The summed E-state index contributed by atoms with van der Waals surface area (Å²) in [6.07, 6.45) is -1.65. The minimum absolute atomic E-state index is 0. The maximum Gasteiger partial charge on any atom is 0.297 e. The Balaban J connectivity index is 0.00000161. The molecule has 1 aromatic carbocycles. The lowest BCUT2D eigenvalue weighted by Gasteiger charge is -2.17. The van der Waals surface area contributed by atoms with Crippen LogP contribution in [0, 0.1) is 6.92 Å². The van der Waals surface area contributed by atoms with E-state index in [0.717, 1.165) is 0 Å². The Kier molecular flexibility index (Phi) is 4.92. The molecule has 2 heterocycles. The van der Waals surface area contributed by atoms with Gasteiger partial charge in [0.05, 0.1) is 23.6 Å². The van der Waals surface area contributed by atoms with Gasteiger partial charge >= 0.3 is 0 Å². The van der Waals surface area contributed by atoms with Gasteiger partial charge in [-0.1, -0.05) is 18.2 Å². The van der Waals surface area contributed by atoms with Crippen molar-refractivity contribution in [3.8, 4) is 0 Å². The van der Waals surface area contributed by atoms with E-state index < -0.39 is 28.4 Å². The predicted octanol–water partition coefficient (Wildman–Crippen LogP) is 0.222. The number of halogens is 1. The molecule has 0 aromatic heterocycles. The maximum absolute atomic E-state index is 12.3. The van der Waals surface area contributed by atoms with Crippen LogP contribution in [-0.2, 0) is 19.0 Å². The summed E-state index contributed by atoms with van der Waals surface area (Å²) in [5.74, 6) is 0. The molecule has 3 rings (SSSR count). The van der Waals surface area contributed by atoms with E-state index in [1.54, 1.807) is 25.1 Å². The number of hydrogen-bond acceptors (Lipinski definition) is 6. The molecule has 0 saturated carbocycles. The van der Waals surface area contributed by atoms with Crippen molar-refractivity contribution in [3.05, 3.63) is 29.8 Å². The van der Waals surface area contributed by atoms with Gasteiger partial charge in [-0.15, -0.1) is 12.4 Å². The van der Waals surface area contributed by atoms with E-state index >= 15 is 0 Å². The second-order valence-corrected chi connectivity index (χ2v) is 6.69. The first-order chi connectivity index (χ1) is 9.49. The van der Waals surface area contributed by atoms with Crippen LogP contribution in [0.4, 0.5) is 0 Å². The molecule has 2 aliphatic heterocycles. The zero-order valence-electron chi connectivity index (χ0n) is 11.4. The van der Waals surface area contributed by atoms with Gasteiger partial charge in [-0.05, 0) is 18.6 Å². The van der Waals surface area contributed by atoms with Crippen LogP contribution in [0.3, 0.4) is 0 Å². The Morgan fingerprint density at radius 2 is 2.10 bits per heavy atom. The SMILES string of the molecule is Cc1ccccc1S(=O)(=O)O[C@@H]1CN[C@H]2[C@@H]1OC[C@@H]2O.Cl. The fourth-order valence-electron chi connectivity index (χ4n) is 2.74. The Bertz CT molecular complexity index is 608. The first-order valence-corrected chi connectivity index (χ1v) is 7.92. The van der Waals surface area contributed by atoms with Gasteiger partial charge in [0.1, 0.15) is 12.2 Å². The highest BCUT2D eigenvalue weighted by molar-refractivity contribution is 7.86. The first-order valence-electron chi connectivity index (χ1n) is 6.51. The van der Waals surface area contributed by atoms with Crippen molar-refractivity contribution in [2.75, 3.05) is 13.2 Å². The fourth-order valence-corrected chi connectivity index (χ4v) is 4.05. The van der Waals surface area contributed by atoms with Crippen molar-refractivity contribution >= 4 is 22.5 Å². The van der Waals surface area contributed by atoms with E-state index in [9.17, 15) is 13.5 Å². The van der Waals surface area contributed by atoms with Crippen molar-refractivity contribution in [2.24, 2.45) is 0 Å². The van der Waals surface area contributed by atoms with Gasteiger partial charge in [-0.3, -0.25) is 4.18 Å². The number of hydrogen-bond donors (Lipinski definition) is 2. The van der Waals surface area contributed by atoms with Crippen LogP contribution >= 0.6 is 12.4 Å². The summed E-state index contributed by atoms with van der Waals surface area (Å²) in [5.41, 5.74) is 0.641. The number of fused-ring (bicyclic) bond motifs is 1. The monoisotopic (exact) mass is 335 g/mol. The van der Waals surface area contributed by atoms with E-state index in [0.29, 0.717) is 12.1 Å². The lowest BCUT2D eigenvalue weighted by molar-refractivity contribution is 0.0278. The summed E-state index contributed by atoms with van der Waals surface area (Å²) in [5, 5.41) is 12.7. The zero-order valence-corrected chi connectivity index (χ0v) is 13.1. The molecule has 118 valence electrons. The normalized spacial score (nSPS) is 31.7. The highest BCUT2D eigenvalue weighted by Gasteiger charge is 2.48. The van der Waals surface area contributed by atoms with Gasteiger partial charge < -0.3 is 15.2 Å². The van der Waals surface area contributed by atoms with E-state index in [1.807, 2.05) is 0 Å². The molecule has 0 bridgehead atoms. The molecule has 2 saturated heterocycles. The van der Waals surface area contributed by atoms with Gasteiger partial charge in [0, 0.05) is 6.54 Å². The maximum atomic E-state index is 12.3. The van der Waals surface area contributed by atoms with Crippen molar-refractivity contribution in [1.29, 1.82) is 0 Å². The lowest BCUT2D eigenvalue weighted by atomic mass is 10.1. The molecule has 6 nitrogen and oxygen atoms in total. The second kappa shape index (κ2) is 6.20. The van der Waals surface area contributed by atoms with Crippen molar-refractivity contribution in [3.63, 3.8) is 0 Å². The molecule has 21 heavy (non-hydrogen) atoms. The first kappa shape index (κ1) is 16.7. The molecule has 4 atom stereocenters. The van der Waals surface area contributed by atoms with E-state index in [4.69, 9.17) is 8.92 Å². The number of ether oxygens (including phenoxy) is 1. The Labute approximate surface area is 130 Å². The third-order valence-corrected chi connectivity index (χ3v) is 5.26. The van der Waals surface area contributed by atoms with E-state index in [-0.39, 0.29) is 30.0 Å². The molecule has 8 heteroatoms. The number of aryl methyl sites for hydroxylation is 1. The van der Waals surface area contributed by atoms with Crippen LogP contribution in [0.2, 0.25) is 0 Å². The minimum Gasteiger partial charge on any atom is -0.389 e. The third-order valence-electron chi connectivity index (χ3n) is 3.76. The Morgan fingerprint density at radius 1 is 1.38 bits per heavy atom. The quantitative estimate of drug-likeness (QED) is 0.769. The van der Waals surface area contributed by atoms with Crippen LogP contribution in [0.15, 0.2) is 29.2 Å². The van der Waals surface area contributed by atoms with E-state index in [2.05, 4.69) is 5.32 Å². The number of aliphatic hydroxyl groups excluding tert-OH is 1. The molecule has 0 aliphatic carbocycles. The van der Waals surface area contributed by atoms with Crippen LogP contribution in [0.25, 0.3) is 0 Å². The van der Waals surface area contributed by atoms with Crippen LogP contribution in [-0.4, -0.2) is 51.0 Å². The summed E-state index contributed by atoms with van der Waals surface area (Å²) in [7, 11) is -3.83. The predicted molar refractivity (Wildman–Crippen MR) is 78.0 cm³/mol. The molecule has 0 amide bonds. The number of rotatable bonds is 3. The largest absolute Gasteiger partial charge is 0.389 e. The molecule has 0 unspecified atom stereocenters. The summed E-state index contributed by atoms with van der Waals surface area (Å²) < 4.78 is 35.3. The molecule has 1 aromatic rings. The Morgan fingerprint density at radius 3 is 2.81 bits per heavy atom. The van der Waals surface area contributed by atoms with Crippen LogP contribution in [0.1, 0.15) is 5.56 Å². The third kappa shape index (κ3) is 3.08. The van der Waals surface area contributed by atoms with Gasteiger partial charge in [0.25, 0.3) is 10.1 Å². The number of aliphatic hydroxyl groups is 1. The van der Waals surface area contributed by atoms with E-state index in [1.165, 1.54) is 6.07 Å². The van der Waals surface area contributed by atoms with Crippen LogP contribution < -0.4 is 5.32 Å². The molecule has 2 aliphatic rings. The van der Waals surface area contributed by atoms with Crippen molar-refractivity contribution in [1.82, 2.24) is 5.32 Å². The zero-order chi connectivity index (χ0) is 14.3.